The molecule has 0 radical (unpaired) electrons. The maximum atomic E-state index is 11.5. The van der Waals surface area contributed by atoms with Gasteiger partial charge >= 0.3 is 5.97 Å². The molecule has 17 heavy (non-hydrogen) atoms. The van der Waals surface area contributed by atoms with Gasteiger partial charge in [0, 0.05) is 18.2 Å². The number of carbonyl (C=O) groups excluding carboxylic acids is 1. The molecule has 2 rings (SSSR count). The van der Waals surface area contributed by atoms with Crippen LogP contribution >= 0.6 is 0 Å². The van der Waals surface area contributed by atoms with Crippen molar-refractivity contribution in [1.29, 1.82) is 0 Å². The summed E-state index contributed by atoms with van der Waals surface area (Å²) in [7, 11) is 0. The Morgan fingerprint density at radius 2 is 2.24 bits per heavy atom. The van der Waals surface area contributed by atoms with Crippen molar-refractivity contribution in [3.63, 3.8) is 0 Å². The topological polar surface area (TPSA) is 79.3 Å². The highest BCUT2D eigenvalue weighted by molar-refractivity contribution is 5.88. The Labute approximate surface area is 97.0 Å². The van der Waals surface area contributed by atoms with Crippen LogP contribution in [-0.4, -0.2) is 11.1 Å². The van der Waals surface area contributed by atoms with Crippen molar-refractivity contribution < 1.29 is 18.8 Å². The van der Waals surface area contributed by atoms with Crippen LogP contribution in [0.5, 0.6) is 0 Å². The molecule has 0 saturated carbocycles. The van der Waals surface area contributed by atoms with Crippen LogP contribution in [0.15, 0.2) is 35.1 Å². The third-order valence-electron chi connectivity index (χ3n) is 2.06. The largest absolute Gasteiger partial charge is 0.619 e. The van der Waals surface area contributed by atoms with E-state index in [-0.39, 0.29) is 6.61 Å². The lowest BCUT2D eigenvalue weighted by Crippen LogP contribution is -2.24. The standard InChI is InChI=1S/C11H10N2O4/c1-8-6-10(17-12-8)7-16-11(14)9-2-4-13(15)5-3-9/h2-6H,7H2,1H3. The van der Waals surface area contributed by atoms with Gasteiger partial charge in [0.1, 0.15) is 0 Å². The molecule has 0 saturated heterocycles. The Hall–Kier alpha value is -2.37. The van der Waals surface area contributed by atoms with Crippen molar-refractivity contribution in [3.8, 4) is 0 Å². The smallest absolute Gasteiger partial charge is 0.339 e. The van der Waals surface area contributed by atoms with E-state index >= 15 is 0 Å². The minimum atomic E-state index is -0.514. The summed E-state index contributed by atoms with van der Waals surface area (Å²) >= 11 is 0. The fourth-order valence-corrected chi connectivity index (χ4v) is 1.25. The number of hydrogen-bond acceptors (Lipinski definition) is 5. The zero-order chi connectivity index (χ0) is 12.3. The fraction of sp³-hybridized carbons (Fsp3) is 0.182. The lowest BCUT2D eigenvalue weighted by atomic mass is 10.3. The van der Waals surface area contributed by atoms with Crippen LogP contribution in [0.4, 0.5) is 0 Å². The molecule has 0 bridgehead atoms. The van der Waals surface area contributed by atoms with Gasteiger partial charge in [-0.25, -0.2) is 4.79 Å². The number of aryl methyl sites for hydroxylation is 1. The Morgan fingerprint density at radius 3 is 2.82 bits per heavy atom. The minimum absolute atomic E-state index is 0.0198. The second-order valence-corrected chi connectivity index (χ2v) is 3.46. The van der Waals surface area contributed by atoms with E-state index in [9.17, 15) is 10.0 Å². The summed E-state index contributed by atoms with van der Waals surface area (Å²) in [6.07, 6.45) is 2.46. The summed E-state index contributed by atoms with van der Waals surface area (Å²) in [5.41, 5.74) is 1.04. The first-order valence-electron chi connectivity index (χ1n) is 4.93. The van der Waals surface area contributed by atoms with E-state index < -0.39 is 5.97 Å². The van der Waals surface area contributed by atoms with Gasteiger partial charge in [0.05, 0.1) is 11.3 Å². The lowest BCUT2D eigenvalue weighted by molar-refractivity contribution is -0.605. The molecule has 0 N–H and O–H groups in total. The monoisotopic (exact) mass is 234 g/mol. The van der Waals surface area contributed by atoms with E-state index in [2.05, 4.69) is 5.16 Å². The molecule has 2 aromatic heterocycles. The van der Waals surface area contributed by atoms with Gasteiger partial charge in [0.25, 0.3) is 0 Å². The van der Waals surface area contributed by atoms with Gasteiger partial charge in [-0.1, -0.05) is 5.16 Å². The zero-order valence-corrected chi connectivity index (χ0v) is 9.12. The average Bonchev–Trinajstić information content (AvgIpc) is 2.73. The van der Waals surface area contributed by atoms with Gasteiger partial charge in [-0.15, -0.1) is 0 Å². The Kier molecular flexibility index (Phi) is 3.04. The maximum absolute atomic E-state index is 11.5. The molecule has 2 aromatic rings. The SMILES string of the molecule is Cc1cc(COC(=O)c2cc[n+]([O-])cc2)on1. The van der Waals surface area contributed by atoms with E-state index in [1.54, 1.807) is 13.0 Å². The van der Waals surface area contributed by atoms with Crippen molar-refractivity contribution in [1.82, 2.24) is 5.16 Å². The highest BCUT2D eigenvalue weighted by Crippen LogP contribution is 2.06. The van der Waals surface area contributed by atoms with E-state index in [1.807, 2.05) is 0 Å². The van der Waals surface area contributed by atoms with Gasteiger partial charge in [-0.05, 0) is 6.92 Å². The molecule has 2 heterocycles. The van der Waals surface area contributed by atoms with Crippen molar-refractivity contribution >= 4 is 5.97 Å². The van der Waals surface area contributed by atoms with E-state index in [1.165, 1.54) is 24.5 Å². The summed E-state index contributed by atoms with van der Waals surface area (Å²) < 4.78 is 10.5. The minimum Gasteiger partial charge on any atom is -0.619 e. The molecule has 0 aliphatic heterocycles. The number of rotatable bonds is 3. The second kappa shape index (κ2) is 4.65. The Balaban J connectivity index is 1.95. The average molecular weight is 234 g/mol. The number of esters is 1. The highest BCUT2D eigenvalue weighted by Gasteiger charge is 2.10. The number of aromatic nitrogens is 2. The summed E-state index contributed by atoms with van der Waals surface area (Å²) in [5.74, 6) is -0.0367. The molecule has 0 aliphatic carbocycles. The molecule has 0 unspecified atom stereocenters. The predicted molar refractivity (Wildman–Crippen MR) is 55.8 cm³/mol. The van der Waals surface area contributed by atoms with Crippen molar-refractivity contribution in [2.24, 2.45) is 0 Å². The van der Waals surface area contributed by atoms with Gasteiger partial charge in [0.15, 0.2) is 24.8 Å². The molecule has 88 valence electrons. The molecule has 0 aromatic carbocycles. The normalized spacial score (nSPS) is 10.2. The van der Waals surface area contributed by atoms with Crippen molar-refractivity contribution in [2.45, 2.75) is 13.5 Å². The van der Waals surface area contributed by atoms with Crippen LogP contribution in [0, 0.1) is 12.1 Å². The molecule has 0 amide bonds. The number of carbonyl (C=O) groups is 1. The first-order chi connectivity index (χ1) is 8.15. The van der Waals surface area contributed by atoms with Crippen molar-refractivity contribution in [2.75, 3.05) is 0 Å². The Bertz CT molecular complexity index is 519. The summed E-state index contributed by atoms with van der Waals surface area (Å²) in [6.45, 7) is 1.80. The number of pyridine rings is 1. The molecule has 0 atom stereocenters. The fourth-order valence-electron chi connectivity index (χ4n) is 1.25. The highest BCUT2D eigenvalue weighted by atomic mass is 16.5. The molecule has 0 spiro atoms. The van der Waals surface area contributed by atoms with Crippen LogP contribution in [-0.2, 0) is 11.3 Å². The first-order valence-corrected chi connectivity index (χ1v) is 4.93. The summed E-state index contributed by atoms with van der Waals surface area (Å²) in [5, 5.41) is 14.4. The molecule has 6 nitrogen and oxygen atoms in total. The maximum Gasteiger partial charge on any atom is 0.339 e. The molecular weight excluding hydrogens is 224 g/mol. The quantitative estimate of drug-likeness (QED) is 0.449. The second-order valence-electron chi connectivity index (χ2n) is 3.46. The van der Waals surface area contributed by atoms with Crippen LogP contribution < -0.4 is 4.73 Å². The lowest BCUT2D eigenvalue weighted by Gasteiger charge is -2.01. The Morgan fingerprint density at radius 1 is 1.53 bits per heavy atom. The van der Waals surface area contributed by atoms with Gasteiger partial charge in [-0.3, -0.25) is 0 Å². The molecule has 0 aliphatic rings. The van der Waals surface area contributed by atoms with Crippen molar-refractivity contribution in [3.05, 3.63) is 52.8 Å². The number of ether oxygens (including phenoxy) is 1. The molecule has 0 fully saturated rings. The van der Waals surface area contributed by atoms with E-state index in [4.69, 9.17) is 9.26 Å². The van der Waals surface area contributed by atoms with Crippen LogP contribution in [0.2, 0.25) is 0 Å². The summed E-state index contributed by atoms with van der Waals surface area (Å²) in [4.78, 5) is 11.5. The number of nitrogens with zero attached hydrogens (tertiary/aromatic N) is 2. The van der Waals surface area contributed by atoms with E-state index in [0.29, 0.717) is 16.1 Å². The van der Waals surface area contributed by atoms with Gasteiger partial charge in [-0.2, -0.15) is 4.73 Å². The first kappa shape index (κ1) is 11.1. The third kappa shape index (κ3) is 2.81. The van der Waals surface area contributed by atoms with Crippen LogP contribution in [0.1, 0.15) is 21.8 Å². The zero-order valence-electron chi connectivity index (χ0n) is 9.12. The van der Waals surface area contributed by atoms with Gasteiger partial charge in [0.2, 0.25) is 0 Å². The predicted octanol–water partition coefficient (Wildman–Crippen LogP) is 0.973. The third-order valence-corrected chi connectivity index (χ3v) is 2.06. The molecular formula is C11H10N2O4. The summed E-state index contributed by atoms with van der Waals surface area (Å²) in [6, 6.07) is 4.46. The number of hydrogen-bond donors (Lipinski definition) is 0. The van der Waals surface area contributed by atoms with Crippen LogP contribution in [0.3, 0.4) is 0 Å². The van der Waals surface area contributed by atoms with E-state index in [0.717, 1.165) is 5.69 Å². The molecule has 6 heteroatoms. The van der Waals surface area contributed by atoms with Gasteiger partial charge < -0.3 is 14.5 Å². The van der Waals surface area contributed by atoms with Crippen LogP contribution in [0.25, 0.3) is 0 Å².